The molecule has 0 radical (unpaired) electrons. The van der Waals surface area contributed by atoms with Crippen LogP contribution in [0.25, 0.3) is 0 Å². The quantitative estimate of drug-likeness (QED) is 0.702. The van der Waals surface area contributed by atoms with E-state index in [4.69, 9.17) is 0 Å². The van der Waals surface area contributed by atoms with E-state index in [0.29, 0.717) is 25.2 Å². The number of hydrogen-bond acceptors (Lipinski definition) is 4. The zero-order valence-electron chi connectivity index (χ0n) is 18.5. The van der Waals surface area contributed by atoms with E-state index in [9.17, 15) is 9.59 Å². The van der Waals surface area contributed by atoms with Gasteiger partial charge >= 0.3 is 0 Å². The Hall–Kier alpha value is -2.47. The van der Waals surface area contributed by atoms with E-state index < -0.39 is 0 Å². The molecular weight excluding hydrogens is 388 g/mol. The number of aryl methyl sites for hydroxylation is 2. The smallest absolute Gasteiger partial charge is 0.254 e. The first-order chi connectivity index (χ1) is 15.1. The number of carbonyl (C=O) groups is 1. The molecule has 2 aromatic rings. The predicted octanol–water partition coefficient (Wildman–Crippen LogP) is 2.64. The van der Waals surface area contributed by atoms with Crippen molar-refractivity contribution < 1.29 is 4.79 Å². The average molecular weight is 423 g/mol. The molecule has 6 heteroatoms. The van der Waals surface area contributed by atoms with Crippen LogP contribution in [0.5, 0.6) is 0 Å². The summed E-state index contributed by atoms with van der Waals surface area (Å²) < 4.78 is 0. The van der Waals surface area contributed by atoms with E-state index in [0.717, 1.165) is 49.7 Å². The highest BCUT2D eigenvalue weighted by Crippen LogP contribution is 2.23. The summed E-state index contributed by atoms with van der Waals surface area (Å²) in [5, 5.41) is 3.14. The molecule has 1 fully saturated rings. The molecule has 1 amide bonds. The van der Waals surface area contributed by atoms with Crippen molar-refractivity contribution in [1.29, 1.82) is 0 Å². The molecular formula is C25H34N4O2. The van der Waals surface area contributed by atoms with Crippen LogP contribution >= 0.6 is 0 Å². The maximum Gasteiger partial charge on any atom is 0.254 e. The summed E-state index contributed by atoms with van der Waals surface area (Å²) in [6.45, 7) is 5.64. The van der Waals surface area contributed by atoms with Gasteiger partial charge in [0.1, 0.15) is 5.82 Å². The van der Waals surface area contributed by atoms with Gasteiger partial charge in [-0.15, -0.1) is 0 Å². The van der Waals surface area contributed by atoms with Crippen molar-refractivity contribution in [1.82, 2.24) is 20.2 Å². The van der Waals surface area contributed by atoms with E-state index in [1.807, 2.05) is 0 Å². The van der Waals surface area contributed by atoms with Crippen LogP contribution in [0.1, 0.15) is 48.3 Å². The molecule has 1 aliphatic carbocycles. The average Bonchev–Trinajstić information content (AvgIpc) is 2.98. The number of amides is 1. The Balaban J connectivity index is 1.17. The molecule has 2 N–H and O–H groups in total. The van der Waals surface area contributed by atoms with Gasteiger partial charge < -0.3 is 15.2 Å². The number of benzene rings is 1. The molecule has 1 unspecified atom stereocenters. The number of aromatic nitrogens is 2. The summed E-state index contributed by atoms with van der Waals surface area (Å²) in [5.74, 6) is 1.51. The van der Waals surface area contributed by atoms with Crippen LogP contribution in [0.4, 0.5) is 0 Å². The summed E-state index contributed by atoms with van der Waals surface area (Å²) in [6, 6.07) is 10.8. The lowest BCUT2D eigenvalue weighted by molar-refractivity contribution is -0.125. The molecule has 1 atom stereocenters. The zero-order valence-corrected chi connectivity index (χ0v) is 18.5. The molecule has 2 heterocycles. The zero-order chi connectivity index (χ0) is 21.6. The first kappa shape index (κ1) is 21.8. The van der Waals surface area contributed by atoms with Gasteiger partial charge in [0, 0.05) is 24.6 Å². The van der Waals surface area contributed by atoms with Crippen molar-refractivity contribution in [2.45, 2.75) is 51.9 Å². The number of likely N-dealkylation sites (tertiary alicyclic amines) is 1. The van der Waals surface area contributed by atoms with Crippen LogP contribution < -0.4 is 10.9 Å². The fourth-order valence-corrected chi connectivity index (χ4v) is 5.01. The van der Waals surface area contributed by atoms with Crippen LogP contribution in [0.3, 0.4) is 0 Å². The highest BCUT2D eigenvalue weighted by Gasteiger charge is 2.25. The Bertz CT molecular complexity index is 932. The number of aromatic amines is 1. The first-order valence-corrected chi connectivity index (χ1v) is 11.7. The topological polar surface area (TPSA) is 78.1 Å². The third-order valence-corrected chi connectivity index (χ3v) is 6.86. The van der Waals surface area contributed by atoms with E-state index in [2.05, 4.69) is 50.5 Å². The minimum absolute atomic E-state index is 0.0366. The van der Waals surface area contributed by atoms with Crippen molar-refractivity contribution >= 4 is 5.91 Å². The molecule has 1 aliphatic heterocycles. The molecule has 0 bridgehead atoms. The van der Waals surface area contributed by atoms with E-state index in [1.54, 1.807) is 6.92 Å². The second kappa shape index (κ2) is 10.2. The largest absolute Gasteiger partial charge is 0.355 e. The van der Waals surface area contributed by atoms with Crippen molar-refractivity contribution in [3.63, 3.8) is 0 Å². The van der Waals surface area contributed by atoms with Gasteiger partial charge in [0.25, 0.3) is 5.56 Å². The lowest BCUT2D eigenvalue weighted by Gasteiger charge is -2.32. The fraction of sp³-hybridized carbons (Fsp3) is 0.560. The lowest BCUT2D eigenvalue weighted by atomic mass is 9.90. The number of carbonyl (C=O) groups excluding carboxylic acids is 1. The Labute approximate surface area is 184 Å². The Morgan fingerprint density at radius 3 is 2.65 bits per heavy atom. The van der Waals surface area contributed by atoms with Gasteiger partial charge in [-0.05, 0) is 76.4 Å². The van der Waals surface area contributed by atoms with Crippen molar-refractivity contribution in [2.75, 3.05) is 26.2 Å². The molecule has 4 rings (SSSR count). The number of hydrogen-bond donors (Lipinski definition) is 2. The second-order valence-electron chi connectivity index (χ2n) is 9.12. The van der Waals surface area contributed by atoms with E-state index >= 15 is 0 Å². The van der Waals surface area contributed by atoms with Gasteiger partial charge in [0.05, 0.1) is 5.69 Å². The normalized spacial score (nSPS) is 20.1. The molecule has 166 valence electrons. The Kier molecular flexibility index (Phi) is 7.17. The van der Waals surface area contributed by atoms with Crippen LogP contribution in [-0.2, 0) is 24.1 Å². The van der Waals surface area contributed by atoms with Gasteiger partial charge in [-0.25, -0.2) is 4.98 Å². The number of nitrogens with one attached hydrogen (secondary N) is 2. The summed E-state index contributed by atoms with van der Waals surface area (Å²) in [6.07, 6.45) is 6.44. The summed E-state index contributed by atoms with van der Waals surface area (Å²) >= 11 is 0. The molecule has 2 aliphatic rings. The summed E-state index contributed by atoms with van der Waals surface area (Å²) in [4.78, 5) is 34.6. The van der Waals surface area contributed by atoms with E-state index in [1.165, 1.54) is 24.8 Å². The monoisotopic (exact) mass is 422 g/mol. The van der Waals surface area contributed by atoms with Gasteiger partial charge in [-0.3, -0.25) is 9.59 Å². The second-order valence-corrected chi connectivity index (χ2v) is 9.12. The standard InChI is InChI=1S/C25H34N4O2/c1-18-27-23-10-8-21(7-9-22(23)25(31)28-18)24(30)26-13-16-29-14-11-20(12-15-29)17-19-5-3-2-4-6-19/h2-6,20-21H,7-17H2,1H3,(H,26,30)(H,27,28,31). The minimum atomic E-state index is -0.0424. The maximum absolute atomic E-state index is 12.7. The van der Waals surface area contributed by atoms with Gasteiger partial charge in [-0.2, -0.15) is 0 Å². The highest BCUT2D eigenvalue weighted by molar-refractivity contribution is 5.78. The third-order valence-electron chi connectivity index (χ3n) is 6.86. The molecule has 1 aromatic heterocycles. The SMILES string of the molecule is Cc1nc2c(c(=O)[nH]1)CCC(C(=O)NCCN1CCC(Cc3ccccc3)CC1)CC2. The fourth-order valence-electron chi connectivity index (χ4n) is 5.01. The predicted molar refractivity (Wildman–Crippen MR) is 122 cm³/mol. The van der Waals surface area contributed by atoms with Gasteiger partial charge in [0.15, 0.2) is 0 Å². The van der Waals surface area contributed by atoms with Crippen LogP contribution in [-0.4, -0.2) is 47.0 Å². The maximum atomic E-state index is 12.7. The third kappa shape index (κ3) is 5.82. The summed E-state index contributed by atoms with van der Waals surface area (Å²) in [7, 11) is 0. The Morgan fingerprint density at radius 1 is 1.13 bits per heavy atom. The molecule has 31 heavy (non-hydrogen) atoms. The number of nitrogens with zero attached hydrogens (tertiary/aromatic N) is 2. The highest BCUT2D eigenvalue weighted by atomic mass is 16.2. The molecule has 1 saturated heterocycles. The van der Waals surface area contributed by atoms with Gasteiger partial charge in [-0.1, -0.05) is 30.3 Å². The minimum Gasteiger partial charge on any atom is -0.355 e. The van der Waals surface area contributed by atoms with Crippen LogP contribution in [0, 0.1) is 18.8 Å². The molecule has 1 aromatic carbocycles. The summed E-state index contributed by atoms with van der Waals surface area (Å²) in [5.41, 5.74) is 3.03. The molecule has 0 saturated carbocycles. The van der Waals surface area contributed by atoms with Crippen LogP contribution in [0.15, 0.2) is 35.1 Å². The van der Waals surface area contributed by atoms with Crippen molar-refractivity contribution in [3.05, 3.63) is 63.3 Å². The van der Waals surface area contributed by atoms with E-state index in [-0.39, 0.29) is 17.4 Å². The number of H-pyrrole nitrogens is 1. The number of fused-ring (bicyclic) bond motifs is 1. The van der Waals surface area contributed by atoms with Crippen molar-refractivity contribution in [2.24, 2.45) is 11.8 Å². The Morgan fingerprint density at radius 2 is 1.87 bits per heavy atom. The van der Waals surface area contributed by atoms with Crippen molar-refractivity contribution in [3.8, 4) is 0 Å². The molecule has 0 spiro atoms. The van der Waals surface area contributed by atoms with Crippen LogP contribution in [0.2, 0.25) is 0 Å². The number of rotatable bonds is 6. The molecule has 6 nitrogen and oxygen atoms in total. The number of piperidine rings is 1. The van der Waals surface area contributed by atoms with Gasteiger partial charge in [0.2, 0.25) is 5.91 Å². The first-order valence-electron chi connectivity index (χ1n) is 11.7. The lowest BCUT2D eigenvalue weighted by Crippen LogP contribution is -2.41.